The van der Waals surface area contributed by atoms with Crippen LogP contribution < -0.4 is 10.1 Å². The van der Waals surface area contributed by atoms with Crippen molar-refractivity contribution in [1.82, 2.24) is 15.1 Å². The summed E-state index contributed by atoms with van der Waals surface area (Å²) in [4.78, 5) is 17.6. The number of piperidine rings is 2. The van der Waals surface area contributed by atoms with Gasteiger partial charge in [-0.1, -0.05) is 6.07 Å². The standard InChI is InChI=1S/C23H35N3O4/c1-25-9-5-19(6-10-25)26-11-7-20(8-12-26)30-21-4-2-3-18(15-21)23(27)24-16-22-17-28-13-14-29-22/h2-4,15,19-20,22H,5-14,16-17H2,1H3,(H,24,27)/t22-/m1/s1. The normalized spacial score (nSPS) is 25.2. The van der Waals surface area contributed by atoms with E-state index in [0.717, 1.165) is 37.7 Å². The molecule has 166 valence electrons. The third kappa shape index (κ3) is 5.94. The van der Waals surface area contributed by atoms with E-state index in [9.17, 15) is 4.79 Å². The number of carbonyl (C=O) groups excluding carboxylic acids is 1. The van der Waals surface area contributed by atoms with Crippen LogP contribution in [0.2, 0.25) is 0 Å². The molecule has 0 aliphatic carbocycles. The van der Waals surface area contributed by atoms with E-state index in [1.165, 1.54) is 25.9 Å². The van der Waals surface area contributed by atoms with Gasteiger partial charge in [-0.2, -0.15) is 0 Å². The number of ether oxygens (including phenoxy) is 3. The minimum Gasteiger partial charge on any atom is -0.490 e. The predicted molar refractivity (Wildman–Crippen MR) is 115 cm³/mol. The molecular formula is C23H35N3O4. The molecule has 7 nitrogen and oxygen atoms in total. The zero-order valence-electron chi connectivity index (χ0n) is 18.1. The lowest BCUT2D eigenvalue weighted by Crippen LogP contribution is -2.48. The van der Waals surface area contributed by atoms with Gasteiger partial charge in [0.2, 0.25) is 0 Å². The molecule has 1 N–H and O–H groups in total. The third-order valence-corrected chi connectivity index (χ3v) is 6.46. The van der Waals surface area contributed by atoms with Crippen molar-refractivity contribution in [2.24, 2.45) is 0 Å². The van der Waals surface area contributed by atoms with Gasteiger partial charge in [-0.3, -0.25) is 4.79 Å². The number of nitrogens with zero attached hydrogens (tertiary/aromatic N) is 2. The summed E-state index contributed by atoms with van der Waals surface area (Å²) < 4.78 is 17.2. The van der Waals surface area contributed by atoms with E-state index in [1.807, 2.05) is 24.3 Å². The van der Waals surface area contributed by atoms with E-state index in [4.69, 9.17) is 14.2 Å². The number of carbonyl (C=O) groups is 1. The van der Waals surface area contributed by atoms with Crippen molar-refractivity contribution in [2.75, 3.05) is 59.6 Å². The molecular weight excluding hydrogens is 382 g/mol. The van der Waals surface area contributed by atoms with E-state index in [1.54, 1.807) is 0 Å². The van der Waals surface area contributed by atoms with Crippen molar-refractivity contribution in [1.29, 1.82) is 0 Å². The first-order chi connectivity index (χ1) is 14.7. The third-order valence-electron chi connectivity index (χ3n) is 6.46. The topological polar surface area (TPSA) is 63.3 Å². The molecule has 7 heteroatoms. The zero-order chi connectivity index (χ0) is 20.8. The molecule has 1 aromatic rings. The van der Waals surface area contributed by atoms with Crippen LogP contribution in [0.4, 0.5) is 0 Å². The molecule has 0 spiro atoms. The SMILES string of the molecule is CN1CCC(N2CCC(Oc3cccc(C(=O)NC[C@@H]4COCCO4)c3)CC2)CC1. The van der Waals surface area contributed by atoms with E-state index >= 15 is 0 Å². The quantitative estimate of drug-likeness (QED) is 0.761. The van der Waals surface area contributed by atoms with Gasteiger partial charge >= 0.3 is 0 Å². The number of hydrogen-bond acceptors (Lipinski definition) is 6. The molecule has 3 saturated heterocycles. The second kappa shape index (κ2) is 10.6. The van der Waals surface area contributed by atoms with Crippen molar-refractivity contribution in [3.05, 3.63) is 29.8 Å². The van der Waals surface area contributed by atoms with Crippen molar-refractivity contribution < 1.29 is 19.0 Å². The van der Waals surface area contributed by atoms with Gasteiger partial charge in [-0.15, -0.1) is 0 Å². The number of amides is 1. The summed E-state index contributed by atoms with van der Waals surface area (Å²) in [7, 11) is 2.21. The molecule has 1 amide bonds. The van der Waals surface area contributed by atoms with Gasteiger partial charge in [-0.25, -0.2) is 0 Å². The summed E-state index contributed by atoms with van der Waals surface area (Å²) in [5.41, 5.74) is 0.619. The molecule has 3 aliphatic heterocycles. The number of rotatable bonds is 6. The van der Waals surface area contributed by atoms with Gasteiger partial charge in [-0.05, 0) is 64.0 Å². The molecule has 3 aliphatic rings. The van der Waals surface area contributed by atoms with Gasteiger partial charge in [0.25, 0.3) is 5.91 Å². The number of hydrogen-bond donors (Lipinski definition) is 1. The van der Waals surface area contributed by atoms with Crippen molar-refractivity contribution in [2.45, 2.75) is 43.9 Å². The maximum Gasteiger partial charge on any atom is 0.251 e. The van der Waals surface area contributed by atoms with Crippen molar-refractivity contribution in [3.63, 3.8) is 0 Å². The maximum atomic E-state index is 12.5. The Morgan fingerprint density at radius 2 is 1.93 bits per heavy atom. The smallest absolute Gasteiger partial charge is 0.251 e. The van der Waals surface area contributed by atoms with E-state index < -0.39 is 0 Å². The molecule has 1 atom stereocenters. The molecule has 0 saturated carbocycles. The molecule has 0 aromatic heterocycles. The first kappa shape index (κ1) is 21.6. The average Bonchev–Trinajstić information content (AvgIpc) is 2.79. The fourth-order valence-electron chi connectivity index (χ4n) is 4.59. The highest BCUT2D eigenvalue weighted by Crippen LogP contribution is 2.24. The van der Waals surface area contributed by atoms with E-state index in [0.29, 0.717) is 31.9 Å². The lowest BCUT2D eigenvalue weighted by molar-refractivity contribution is -0.0855. The molecule has 0 unspecified atom stereocenters. The van der Waals surface area contributed by atoms with Gasteiger partial charge in [0.15, 0.2) is 0 Å². The van der Waals surface area contributed by atoms with Gasteiger partial charge in [0.05, 0.1) is 25.9 Å². The molecule has 3 heterocycles. The fourth-order valence-corrected chi connectivity index (χ4v) is 4.59. The Morgan fingerprint density at radius 1 is 1.13 bits per heavy atom. The van der Waals surface area contributed by atoms with Crippen LogP contribution in [0.5, 0.6) is 5.75 Å². The number of benzene rings is 1. The Labute approximate surface area is 179 Å². The van der Waals surface area contributed by atoms with Crippen molar-refractivity contribution >= 4 is 5.91 Å². The van der Waals surface area contributed by atoms with Crippen LogP contribution >= 0.6 is 0 Å². The number of likely N-dealkylation sites (tertiary alicyclic amines) is 2. The summed E-state index contributed by atoms with van der Waals surface area (Å²) in [5, 5.41) is 2.94. The molecule has 4 rings (SSSR count). The molecule has 3 fully saturated rings. The van der Waals surface area contributed by atoms with Crippen LogP contribution in [0.3, 0.4) is 0 Å². The highest BCUT2D eigenvalue weighted by atomic mass is 16.6. The van der Waals surface area contributed by atoms with E-state index in [2.05, 4.69) is 22.2 Å². The Bertz CT molecular complexity index is 679. The molecule has 1 aromatic carbocycles. The summed E-state index contributed by atoms with van der Waals surface area (Å²) >= 11 is 0. The van der Waals surface area contributed by atoms with Crippen LogP contribution in [-0.4, -0.2) is 93.5 Å². The van der Waals surface area contributed by atoms with Crippen LogP contribution in [0.15, 0.2) is 24.3 Å². The highest BCUT2D eigenvalue weighted by molar-refractivity contribution is 5.94. The van der Waals surface area contributed by atoms with Gasteiger partial charge in [0, 0.05) is 31.2 Å². The molecule has 0 radical (unpaired) electrons. The second-order valence-electron chi connectivity index (χ2n) is 8.69. The van der Waals surface area contributed by atoms with Crippen LogP contribution in [-0.2, 0) is 9.47 Å². The Hall–Kier alpha value is -1.67. The lowest BCUT2D eigenvalue weighted by atomic mass is 9.99. The maximum absolute atomic E-state index is 12.5. The van der Waals surface area contributed by atoms with Crippen molar-refractivity contribution in [3.8, 4) is 5.75 Å². The summed E-state index contributed by atoms with van der Waals surface area (Å²) in [6, 6.07) is 8.23. The molecule has 0 bridgehead atoms. The fraction of sp³-hybridized carbons (Fsp3) is 0.696. The summed E-state index contributed by atoms with van der Waals surface area (Å²) in [6.07, 6.45) is 4.79. The summed E-state index contributed by atoms with van der Waals surface area (Å²) in [6.45, 7) is 6.80. The van der Waals surface area contributed by atoms with E-state index in [-0.39, 0.29) is 18.1 Å². The predicted octanol–water partition coefficient (Wildman–Crippen LogP) is 1.77. The van der Waals surface area contributed by atoms with Gasteiger partial charge < -0.3 is 29.3 Å². The second-order valence-corrected chi connectivity index (χ2v) is 8.69. The first-order valence-electron chi connectivity index (χ1n) is 11.3. The summed E-state index contributed by atoms with van der Waals surface area (Å²) in [5.74, 6) is 0.671. The Morgan fingerprint density at radius 3 is 2.67 bits per heavy atom. The Balaban J connectivity index is 1.23. The van der Waals surface area contributed by atoms with Gasteiger partial charge in [0.1, 0.15) is 11.9 Å². The largest absolute Gasteiger partial charge is 0.490 e. The highest BCUT2D eigenvalue weighted by Gasteiger charge is 2.28. The van der Waals surface area contributed by atoms with Crippen LogP contribution in [0.25, 0.3) is 0 Å². The molecule has 30 heavy (non-hydrogen) atoms. The average molecular weight is 418 g/mol. The number of nitrogens with one attached hydrogen (secondary N) is 1. The van der Waals surface area contributed by atoms with Crippen LogP contribution in [0.1, 0.15) is 36.0 Å². The minimum absolute atomic E-state index is 0.0723. The zero-order valence-corrected chi connectivity index (χ0v) is 18.1. The van der Waals surface area contributed by atoms with Crippen LogP contribution in [0, 0.1) is 0 Å². The lowest BCUT2D eigenvalue weighted by Gasteiger charge is -2.41. The monoisotopic (exact) mass is 417 g/mol. The Kier molecular flexibility index (Phi) is 7.60. The minimum atomic E-state index is -0.105. The first-order valence-corrected chi connectivity index (χ1v) is 11.3.